The van der Waals surface area contributed by atoms with Gasteiger partial charge < -0.3 is 9.11 Å². The Morgan fingerprint density at radius 1 is 1.00 bits per heavy atom. The highest BCUT2D eigenvalue weighted by Crippen LogP contribution is 1.87. The van der Waals surface area contributed by atoms with Gasteiger partial charge in [-0.25, -0.2) is 0 Å². The standard InChI is InChI=1S/2C4H8N2S.H2O4S/c2*1-7-4-5-2-3-6-4;1-5(2,3)4/h2*2-3H2,1H3,(H,5,6);(H2,1,2,3,4). The quantitative estimate of drug-likeness (QED) is 0.258. The molecule has 0 aromatic heterocycles. The number of thioether (sulfide) groups is 2. The van der Waals surface area contributed by atoms with Gasteiger partial charge >= 0.3 is 10.3 Å². The molecule has 0 saturated carbocycles. The van der Waals surface area contributed by atoms with Gasteiger partial charge in [0.1, 0.15) is 26.2 Å². The lowest BCUT2D eigenvalue weighted by atomic mass is 10.7. The van der Waals surface area contributed by atoms with Crippen molar-refractivity contribution >= 4 is 44.3 Å². The summed E-state index contributed by atoms with van der Waals surface area (Å²) in [5, 5.41) is 8.77. The topological polar surface area (TPSA) is 132 Å². The Kier molecular flexibility index (Phi) is 10.0. The maximum absolute atomic E-state index is 8.52. The maximum atomic E-state index is 8.52. The molecule has 0 saturated heterocycles. The van der Waals surface area contributed by atoms with Crippen molar-refractivity contribution in [2.75, 3.05) is 38.7 Å². The van der Waals surface area contributed by atoms with Crippen LogP contribution in [-0.2, 0) is 10.4 Å². The van der Waals surface area contributed by atoms with Crippen LogP contribution in [-0.4, -0.2) is 66.5 Å². The molecular weight excluding hydrogens is 312 g/mol. The van der Waals surface area contributed by atoms with Crippen LogP contribution < -0.4 is 20.6 Å². The molecule has 8 nitrogen and oxygen atoms in total. The highest BCUT2D eigenvalue weighted by molar-refractivity contribution is 8.13. The number of hydrogen-bond donors (Lipinski definition) is 4. The Morgan fingerprint density at radius 2 is 1.32 bits per heavy atom. The van der Waals surface area contributed by atoms with Crippen LogP contribution in [0.15, 0.2) is 0 Å². The average Bonchev–Trinajstić information content (AvgIpc) is 3.01. The third-order valence-corrected chi connectivity index (χ3v) is 3.19. The van der Waals surface area contributed by atoms with E-state index in [-0.39, 0.29) is 0 Å². The van der Waals surface area contributed by atoms with E-state index in [0.29, 0.717) is 0 Å². The van der Waals surface area contributed by atoms with Gasteiger partial charge in [0.25, 0.3) is 0 Å². The van der Waals surface area contributed by atoms with E-state index in [4.69, 9.17) is 17.5 Å². The Bertz CT molecular complexity index is 378. The average molecular weight is 330 g/mol. The first-order valence-electron chi connectivity index (χ1n) is 5.31. The first-order valence-corrected chi connectivity index (χ1v) is 9.09. The first kappa shape index (κ1) is 18.5. The molecular formula is C8H18N4O4S3. The molecule has 0 fully saturated rings. The Morgan fingerprint density at radius 3 is 1.42 bits per heavy atom. The van der Waals surface area contributed by atoms with Crippen molar-refractivity contribution in [1.29, 1.82) is 0 Å². The van der Waals surface area contributed by atoms with E-state index in [1.54, 1.807) is 23.5 Å². The first-order chi connectivity index (χ1) is 8.86. The summed E-state index contributed by atoms with van der Waals surface area (Å²) >= 11 is 3.45. The van der Waals surface area contributed by atoms with E-state index >= 15 is 0 Å². The smallest absolute Gasteiger partial charge is 0.304 e. The van der Waals surface area contributed by atoms with E-state index < -0.39 is 10.4 Å². The van der Waals surface area contributed by atoms with Crippen molar-refractivity contribution in [1.82, 2.24) is 10.6 Å². The normalized spacial score (nSPS) is 16.8. The van der Waals surface area contributed by atoms with Gasteiger partial charge in [0.2, 0.25) is 0 Å². The van der Waals surface area contributed by atoms with Crippen LogP contribution in [0.1, 0.15) is 0 Å². The fourth-order valence-electron chi connectivity index (χ4n) is 1.12. The zero-order valence-electron chi connectivity index (χ0n) is 10.7. The van der Waals surface area contributed by atoms with Gasteiger partial charge in [-0.15, -0.1) is 0 Å². The SMILES string of the molecule is CSC1=[NH+]CCN1.CSC1=[NH+]CCN1.O=S(=O)([O-])[O-]. The van der Waals surface area contributed by atoms with E-state index in [1.165, 1.54) is 10.3 Å². The molecule has 19 heavy (non-hydrogen) atoms. The summed E-state index contributed by atoms with van der Waals surface area (Å²) in [5.41, 5.74) is 0. The van der Waals surface area contributed by atoms with Gasteiger partial charge in [0.15, 0.2) is 0 Å². The van der Waals surface area contributed by atoms with E-state index in [0.717, 1.165) is 26.2 Å². The summed E-state index contributed by atoms with van der Waals surface area (Å²) in [7, 11) is -5.17. The molecule has 0 unspecified atom stereocenters. The van der Waals surface area contributed by atoms with Gasteiger partial charge in [-0.05, 0) is 36.0 Å². The Labute approximate surface area is 121 Å². The van der Waals surface area contributed by atoms with E-state index in [2.05, 4.69) is 33.1 Å². The second-order valence-corrected chi connectivity index (χ2v) is 5.63. The molecule has 2 aliphatic rings. The molecule has 2 aliphatic heterocycles. The summed E-state index contributed by atoms with van der Waals surface area (Å²) in [6.07, 6.45) is 4.11. The molecule has 0 aromatic carbocycles. The van der Waals surface area contributed by atoms with Crippen molar-refractivity contribution in [2.45, 2.75) is 0 Å². The second-order valence-electron chi connectivity index (χ2n) is 3.18. The van der Waals surface area contributed by atoms with Crippen LogP contribution in [0.5, 0.6) is 0 Å². The number of amidine groups is 2. The Balaban J connectivity index is 0.000000261. The van der Waals surface area contributed by atoms with Crippen LogP contribution in [0.3, 0.4) is 0 Å². The minimum atomic E-state index is -5.17. The third-order valence-electron chi connectivity index (χ3n) is 1.80. The molecule has 0 spiro atoms. The fourth-order valence-corrected chi connectivity index (χ4v) is 2.10. The summed E-state index contributed by atoms with van der Waals surface area (Å²) in [4.78, 5) is 6.35. The van der Waals surface area contributed by atoms with E-state index in [1.807, 2.05) is 0 Å². The fraction of sp³-hybridized carbons (Fsp3) is 0.750. The van der Waals surface area contributed by atoms with E-state index in [9.17, 15) is 0 Å². The minimum Gasteiger partial charge on any atom is -0.759 e. The lowest BCUT2D eigenvalue weighted by molar-refractivity contribution is -0.441. The largest absolute Gasteiger partial charge is 0.759 e. The molecule has 0 bridgehead atoms. The van der Waals surface area contributed by atoms with Crippen LogP contribution >= 0.6 is 23.5 Å². The molecule has 2 rings (SSSR count). The zero-order chi connectivity index (χ0) is 14.7. The summed E-state index contributed by atoms with van der Waals surface area (Å²) in [5.74, 6) is 0. The third kappa shape index (κ3) is 13.7. The van der Waals surface area contributed by atoms with Crippen molar-refractivity contribution in [3.05, 3.63) is 0 Å². The maximum Gasteiger partial charge on any atom is 0.304 e. The van der Waals surface area contributed by atoms with Gasteiger partial charge in [-0.1, -0.05) is 0 Å². The minimum absolute atomic E-state index is 1.08. The molecule has 0 aliphatic carbocycles. The van der Waals surface area contributed by atoms with Crippen molar-refractivity contribution in [3.63, 3.8) is 0 Å². The summed E-state index contributed by atoms with van der Waals surface area (Å²) in [6, 6.07) is 0. The second kappa shape index (κ2) is 10.3. The predicted octanol–water partition coefficient (Wildman–Crippen LogP) is -4.56. The Hall–Kier alpha value is -0.490. The summed E-state index contributed by atoms with van der Waals surface area (Å²) < 4.78 is 34.1. The molecule has 4 N–H and O–H groups in total. The van der Waals surface area contributed by atoms with Gasteiger partial charge in [-0.3, -0.25) is 29.0 Å². The van der Waals surface area contributed by atoms with Gasteiger partial charge in [0.05, 0.1) is 0 Å². The monoisotopic (exact) mass is 330 g/mol. The van der Waals surface area contributed by atoms with Gasteiger partial charge in [0, 0.05) is 10.4 Å². The lowest BCUT2D eigenvalue weighted by Gasteiger charge is -2.06. The molecule has 0 amide bonds. The van der Waals surface area contributed by atoms with Crippen molar-refractivity contribution in [2.24, 2.45) is 0 Å². The lowest BCUT2D eigenvalue weighted by Crippen LogP contribution is -2.69. The van der Waals surface area contributed by atoms with Crippen molar-refractivity contribution < 1.29 is 27.5 Å². The summed E-state index contributed by atoms with van der Waals surface area (Å²) in [6.45, 7) is 4.32. The molecule has 2 heterocycles. The number of rotatable bonds is 0. The van der Waals surface area contributed by atoms with Crippen LogP contribution in [0, 0.1) is 0 Å². The van der Waals surface area contributed by atoms with Crippen LogP contribution in [0.2, 0.25) is 0 Å². The van der Waals surface area contributed by atoms with Crippen LogP contribution in [0.4, 0.5) is 0 Å². The van der Waals surface area contributed by atoms with Crippen LogP contribution in [0.25, 0.3) is 0 Å². The molecule has 0 radical (unpaired) electrons. The molecule has 112 valence electrons. The molecule has 0 atom stereocenters. The highest BCUT2D eigenvalue weighted by Gasteiger charge is 2.08. The van der Waals surface area contributed by atoms with Gasteiger partial charge in [-0.2, -0.15) is 0 Å². The molecule has 0 aromatic rings. The highest BCUT2D eigenvalue weighted by atomic mass is 32.3. The number of hydrogen-bond acceptors (Lipinski definition) is 8. The van der Waals surface area contributed by atoms with Crippen molar-refractivity contribution in [3.8, 4) is 0 Å². The zero-order valence-corrected chi connectivity index (χ0v) is 13.1. The number of nitrogens with one attached hydrogen (secondary N) is 4. The molecule has 11 heteroatoms. The predicted molar refractivity (Wildman–Crippen MR) is 75.2 cm³/mol.